The highest BCUT2D eigenvalue weighted by molar-refractivity contribution is 5.94. The Morgan fingerprint density at radius 3 is 2.56 bits per heavy atom. The molecule has 1 fully saturated rings. The number of benzene rings is 1. The zero-order valence-corrected chi connectivity index (χ0v) is 14.2. The molecule has 0 saturated carbocycles. The molecule has 25 heavy (non-hydrogen) atoms. The largest absolute Gasteiger partial charge is 0.450 e. The average Bonchev–Trinajstić information content (AvgIpc) is 3.17. The lowest BCUT2D eigenvalue weighted by molar-refractivity contribution is 0.0860. The Morgan fingerprint density at radius 2 is 1.96 bits per heavy atom. The molecule has 3 rings (SSSR count). The quantitative estimate of drug-likeness (QED) is 0.924. The van der Waals surface area contributed by atoms with Gasteiger partial charge in [0.25, 0.3) is 5.91 Å². The summed E-state index contributed by atoms with van der Waals surface area (Å²) in [6.45, 7) is 3.38. The molecule has 0 radical (unpaired) electrons. The molecule has 2 amide bonds. The number of hydrogen-bond acceptors (Lipinski definition) is 4. The van der Waals surface area contributed by atoms with E-state index in [2.05, 4.69) is 10.3 Å². The van der Waals surface area contributed by atoms with Crippen LogP contribution in [0, 0.1) is 0 Å². The second-order valence-electron chi connectivity index (χ2n) is 5.95. The van der Waals surface area contributed by atoms with Crippen LogP contribution in [0.15, 0.2) is 43.0 Å². The Hall–Kier alpha value is -2.83. The van der Waals surface area contributed by atoms with Crippen molar-refractivity contribution in [3.63, 3.8) is 0 Å². The number of amides is 2. The molecule has 1 aliphatic heterocycles. The average molecular weight is 342 g/mol. The molecular formula is C18H22N4O3. The third-order valence-corrected chi connectivity index (χ3v) is 4.29. The third kappa shape index (κ3) is 4.17. The summed E-state index contributed by atoms with van der Waals surface area (Å²) in [6, 6.07) is 7.46. The Balaban J connectivity index is 1.52. The highest BCUT2D eigenvalue weighted by atomic mass is 16.6. The molecule has 1 N–H and O–H groups in total. The minimum Gasteiger partial charge on any atom is -0.450 e. The van der Waals surface area contributed by atoms with Crippen molar-refractivity contribution in [3.8, 4) is 5.69 Å². The first kappa shape index (κ1) is 17.0. The summed E-state index contributed by atoms with van der Waals surface area (Å²) in [6.07, 6.45) is 6.47. The highest BCUT2D eigenvalue weighted by Crippen LogP contribution is 2.14. The number of carbonyl (C=O) groups excluding carboxylic acids is 2. The summed E-state index contributed by atoms with van der Waals surface area (Å²) in [7, 11) is 0. The van der Waals surface area contributed by atoms with Crippen molar-refractivity contribution in [2.75, 3.05) is 19.7 Å². The molecule has 2 aromatic rings. The number of likely N-dealkylation sites (tertiary alicyclic amines) is 1. The van der Waals surface area contributed by atoms with E-state index < -0.39 is 0 Å². The SMILES string of the molecule is CCOC(=O)N1CCC(NC(=O)c2ccc(-n3ccnc3)cc2)CC1. The molecular weight excluding hydrogens is 320 g/mol. The van der Waals surface area contributed by atoms with Gasteiger partial charge in [-0.25, -0.2) is 9.78 Å². The molecule has 1 aromatic carbocycles. The van der Waals surface area contributed by atoms with E-state index in [0.29, 0.717) is 25.3 Å². The van der Waals surface area contributed by atoms with Gasteiger partial charge in [-0.1, -0.05) is 0 Å². The molecule has 1 aliphatic rings. The van der Waals surface area contributed by atoms with Crippen molar-refractivity contribution in [2.45, 2.75) is 25.8 Å². The standard InChI is InChI=1S/C18H22N4O3/c1-2-25-18(24)21-10-7-15(8-11-21)20-17(23)14-3-5-16(6-4-14)22-12-9-19-13-22/h3-6,9,12-13,15H,2,7-8,10-11H2,1H3,(H,20,23). The lowest BCUT2D eigenvalue weighted by atomic mass is 10.0. The summed E-state index contributed by atoms with van der Waals surface area (Å²) < 4.78 is 6.88. The summed E-state index contributed by atoms with van der Waals surface area (Å²) in [4.78, 5) is 29.8. The number of nitrogens with zero attached hydrogens (tertiary/aromatic N) is 3. The number of nitrogens with one attached hydrogen (secondary N) is 1. The van der Waals surface area contributed by atoms with Crippen LogP contribution in [0.2, 0.25) is 0 Å². The molecule has 1 saturated heterocycles. The fourth-order valence-electron chi connectivity index (χ4n) is 2.89. The summed E-state index contributed by atoms with van der Waals surface area (Å²) in [5.74, 6) is -0.0910. The Bertz CT molecular complexity index is 704. The first-order valence-corrected chi connectivity index (χ1v) is 8.48. The van der Waals surface area contributed by atoms with Gasteiger partial charge in [-0.3, -0.25) is 4.79 Å². The summed E-state index contributed by atoms with van der Waals surface area (Å²) >= 11 is 0. The maximum Gasteiger partial charge on any atom is 0.409 e. The van der Waals surface area contributed by atoms with E-state index in [9.17, 15) is 9.59 Å². The van der Waals surface area contributed by atoms with Crippen molar-refractivity contribution in [1.82, 2.24) is 19.8 Å². The number of rotatable bonds is 4. The topological polar surface area (TPSA) is 76.5 Å². The van der Waals surface area contributed by atoms with E-state index in [0.717, 1.165) is 18.5 Å². The molecule has 7 heteroatoms. The number of piperidine rings is 1. The van der Waals surface area contributed by atoms with Gasteiger partial charge >= 0.3 is 6.09 Å². The van der Waals surface area contributed by atoms with Crippen molar-refractivity contribution in [3.05, 3.63) is 48.5 Å². The van der Waals surface area contributed by atoms with Gasteiger partial charge in [0.15, 0.2) is 0 Å². The Labute approximate surface area is 146 Å². The molecule has 0 spiro atoms. The second kappa shape index (κ2) is 7.83. The van der Waals surface area contributed by atoms with E-state index in [1.54, 1.807) is 36.5 Å². The van der Waals surface area contributed by atoms with Crippen LogP contribution in [0.25, 0.3) is 5.69 Å². The van der Waals surface area contributed by atoms with Gasteiger partial charge < -0.3 is 19.5 Å². The predicted molar refractivity (Wildman–Crippen MR) is 92.6 cm³/mol. The molecule has 7 nitrogen and oxygen atoms in total. The van der Waals surface area contributed by atoms with Crippen LogP contribution in [0.3, 0.4) is 0 Å². The second-order valence-corrected chi connectivity index (χ2v) is 5.95. The minimum absolute atomic E-state index is 0.0755. The first-order valence-electron chi connectivity index (χ1n) is 8.48. The van der Waals surface area contributed by atoms with Crippen molar-refractivity contribution >= 4 is 12.0 Å². The van der Waals surface area contributed by atoms with Gasteiger partial charge in [-0.05, 0) is 44.0 Å². The lowest BCUT2D eigenvalue weighted by Crippen LogP contribution is -2.46. The molecule has 132 valence electrons. The van der Waals surface area contributed by atoms with Crippen LogP contribution in [0.1, 0.15) is 30.1 Å². The molecule has 0 aliphatic carbocycles. The minimum atomic E-state index is -0.276. The monoisotopic (exact) mass is 342 g/mol. The first-order chi connectivity index (χ1) is 12.2. The smallest absolute Gasteiger partial charge is 0.409 e. The fourth-order valence-corrected chi connectivity index (χ4v) is 2.89. The van der Waals surface area contributed by atoms with Crippen LogP contribution < -0.4 is 5.32 Å². The van der Waals surface area contributed by atoms with Gasteiger partial charge in [-0.2, -0.15) is 0 Å². The Kier molecular flexibility index (Phi) is 5.33. The van der Waals surface area contributed by atoms with Crippen LogP contribution in [0.5, 0.6) is 0 Å². The van der Waals surface area contributed by atoms with Crippen molar-refractivity contribution in [2.24, 2.45) is 0 Å². The van der Waals surface area contributed by atoms with Crippen molar-refractivity contribution < 1.29 is 14.3 Å². The molecule has 0 atom stereocenters. The van der Waals surface area contributed by atoms with E-state index in [4.69, 9.17) is 4.74 Å². The number of ether oxygens (including phenoxy) is 1. The van der Waals surface area contributed by atoms with Gasteiger partial charge in [0, 0.05) is 42.8 Å². The van der Waals surface area contributed by atoms with Crippen LogP contribution in [-0.2, 0) is 4.74 Å². The highest BCUT2D eigenvalue weighted by Gasteiger charge is 2.24. The van der Waals surface area contributed by atoms with Gasteiger partial charge in [0.1, 0.15) is 0 Å². The van der Waals surface area contributed by atoms with Gasteiger partial charge in [-0.15, -0.1) is 0 Å². The summed E-state index contributed by atoms with van der Waals surface area (Å²) in [5, 5.41) is 3.04. The van der Waals surface area contributed by atoms with Gasteiger partial charge in [0.2, 0.25) is 0 Å². The maximum atomic E-state index is 12.4. The number of carbonyl (C=O) groups is 2. The normalized spacial score (nSPS) is 15.0. The predicted octanol–water partition coefficient (Wildman–Crippen LogP) is 2.22. The number of aromatic nitrogens is 2. The van der Waals surface area contributed by atoms with E-state index in [1.165, 1.54) is 0 Å². The molecule has 1 aromatic heterocycles. The zero-order valence-electron chi connectivity index (χ0n) is 14.2. The van der Waals surface area contributed by atoms with Crippen molar-refractivity contribution in [1.29, 1.82) is 0 Å². The van der Waals surface area contributed by atoms with Crippen LogP contribution >= 0.6 is 0 Å². The number of hydrogen-bond donors (Lipinski definition) is 1. The number of imidazole rings is 1. The summed E-state index contributed by atoms with van der Waals surface area (Å²) in [5.41, 5.74) is 1.58. The van der Waals surface area contributed by atoms with Crippen LogP contribution in [-0.4, -0.2) is 52.2 Å². The fraction of sp³-hybridized carbons (Fsp3) is 0.389. The lowest BCUT2D eigenvalue weighted by Gasteiger charge is -2.31. The third-order valence-electron chi connectivity index (χ3n) is 4.29. The zero-order chi connectivity index (χ0) is 17.6. The van der Waals surface area contributed by atoms with Crippen LogP contribution in [0.4, 0.5) is 4.79 Å². The van der Waals surface area contributed by atoms with E-state index in [1.807, 2.05) is 22.9 Å². The maximum absolute atomic E-state index is 12.4. The molecule has 0 unspecified atom stereocenters. The molecule has 0 bridgehead atoms. The van der Waals surface area contributed by atoms with Gasteiger partial charge in [0.05, 0.1) is 12.9 Å². The van der Waals surface area contributed by atoms with E-state index >= 15 is 0 Å². The Morgan fingerprint density at radius 1 is 1.24 bits per heavy atom. The van der Waals surface area contributed by atoms with E-state index in [-0.39, 0.29) is 18.0 Å². The molecule has 2 heterocycles.